The van der Waals surface area contributed by atoms with E-state index in [1.807, 2.05) is 6.07 Å². The van der Waals surface area contributed by atoms with Crippen molar-refractivity contribution in [2.45, 2.75) is 6.10 Å². The van der Waals surface area contributed by atoms with Crippen molar-refractivity contribution in [3.8, 4) is 5.75 Å². The van der Waals surface area contributed by atoms with Gasteiger partial charge >= 0.3 is 0 Å². The number of nitrogens with one attached hydrogen (secondary N) is 1. The summed E-state index contributed by atoms with van der Waals surface area (Å²) in [5, 5.41) is 10.5. The summed E-state index contributed by atoms with van der Waals surface area (Å²) in [5.41, 5.74) is 1.45. The summed E-state index contributed by atoms with van der Waals surface area (Å²) in [6.45, 7) is 1.85. The Kier molecular flexibility index (Phi) is 5.79. The van der Waals surface area contributed by atoms with E-state index in [0.717, 1.165) is 17.8 Å². The number of aromatic nitrogens is 2. The third kappa shape index (κ3) is 4.52. The van der Waals surface area contributed by atoms with Crippen LogP contribution in [0, 0.1) is 17.6 Å². The highest BCUT2D eigenvalue weighted by Gasteiger charge is 2.34. The zero-order valence-electron chi connectivity index (χ0n) is 18.0. The van der Waals surface area contributed by atoms with Crippen LogP contribution >= 0.6 is 0 Å². The smallest absolute Gasteiger partial charge is 0.257 e. The Labute approximate surface area is 194 Å². The van der Waals surface area contributed by atoms with Crippen molar-refractivity contribution in [2.75, 3.05) is 36.4 Å². The fraction of sp³-hybridized carbons (Fsp3) is 0.250. The first-order valence-electron chi connectivity index (χ1n) is 10.8. The van der Waals surface area contributed by atoms with E-state index in [1.165, 1.54) is 4.90 Å². The number of carbonyl (C=O) groups is 2. The van der Waals surface area contributed by atoms with Crippen molar-refractivity contribution in [1.82, 2.24) is 15.1 Å². The molecule has 0 aliphatic carbocycles. The van der Waals surface area contributed by atoms with E-state index < -0.39 is 17.5 Å². The van der Waals surface area contributed by atoms with Crippen LogP contribution in [0.4, 0.5) is 20.2 Å². The molecule has 10 heteroatoms. The Balaban J connectivity index is 1.07. The van der Waals surface area contributed by atoms with Gasteiger partial charge in [-0.1, -0.05) is 0 Å². The molecule has 0 atom stereocenters. The number of hydrogen-bond acceptors (Lipinski definition) is 6. The van der Waals surface area contributed by atoms with Gasteiger partial charge in [-0.3, -0.25) is 9.59 Å². The molecule has 34 heavy (non-hydrogen) atoms. The molecule has 2 fully saturated rings. The van der Waals surface area contributed by atoms with Gasteiger partial charge in [-0.05, 0) is 42.5 Å². The number of benzene rings is 2. The molecule has 0 spiro atoms. The minimum absolute atomic E-state index is 0.0480. The van der Waals surface area contributed by atoms with Gasteiger partial charge in [0.05, 0.1) is 42.7 Å². The number of likely N-dealkylation sites (tertiary alicyclic amines) is 1. The van der Waals surface area contributed by atoms with Crippen LogP contribution in [0.2, 0.25) is 0 Å². The van der Waals surface area contributed by atoms with Gasteiger partial charge in [-0.25, -0.2) is 8.78 Å². The molecule has 0 radical (unpaired) electrons. The first kappa shape index (κ1) is 21.7. The van der Waals surface area contributed by atoms with Gasteiger partial charge < -0.3 is 19.9 Å². The summed E-state index contributed by atoms with van der Waals surface area (Å²) in [7, 11) is 0. The predicted molar refractivity (Wildman–Crippen MR) is 119 cm³/mol. The second-order valence-corrected chi connectivity index (χ2v) is 8.29. The average molecular weight is 465 g/mol. The van der Waals surface area contributed by atoms with Crippen LogP contribution in [0.15, 0.2) is 60.9 Å². The molecular formula is C24H21F2N5O3. The number of halogens is 2. The number of carbonyl (C=O) groups excluding carboxylic acids is 2. The highest BCUT2D eigenvalue weighted by Crippen LogP contribution is 2.26. The van der Waals surface area contributed by atoms with Crippen LogP contribution in [0.5, 0.6) is 5.75 Å². The van der Waals surface area contributed by atoms with Gasteiger partial charge in [0, 0.05) is 24.8 Å². The van der Waals surface area contributed by atoms with Gasteiger partial charge in [0.2, 0.25) is 5.91 Å². The minimum atomic E-state index is -0.879. The SMILES string of the molecule is O=C(Nc1ccc(OC2CN(C(=O)c3ccc(F)cc3F)C2)cc1)C1CN(c2ccnnc2)C1. The van der Waals surface area contributed by atoms with E-state index in [2.05, 4.69) is 20.4 Å². The normalized spacial score (nSPS) is 15.9. The summed E-state index contributed by atoms with van der Waals surface area (Å²) < 4.78 is 32.7. The average Bonchev–Trinajstić information content (AvgIpc) is 2.76. The molecule has 3 aromatic rings. The van der Waals surface area contributed by atoms with E-state index in [4.69, 9.17) is 4.74 Å². The fourth-order valence-corrected chi connectivity index (χ4v) is 3.89. The van der Waals surface area contributed by atoms with Gasteiger partial charge in [-0.2, -0.15) is 10.2 Å². The molecule has 0 saturated carbocycles. The number of hydrogen-bond donors (Lipinski definition) is 1. The first-order chi connectivity index (χ1) is 16.5. The predicted octanol–water partition coefficient (Wildman–Crippen LogP) is 2.73. The van der Waals surface area contributed by atoms with Crippen molar-refractivity contribution in [3.63, 3.8) is 0 Å². The second kappa shape index (κ2) is 9.05. The van der Waals surface area contributed by atoms with Gasteiger partial charge in [0.15, 0.2) is 0 Å². The Bertz CT molecular complexity index is 1200. The lowest BCUT2D eigenvalue weighted by molar-refractivity contribution is -0.120. The molecule has 2 aliphatic rings. The summed E-state index contributed by atoms with van der Waals surface area (Å²) in [5.74, 6) is -1.65. The number of nitrogens with zero attached hydrogens (tertiary/aromatic N) is 4. The summed E-state index contributed by atoms with van der Waals surface area (Å²) in [6, 6.07) is 11.8. The third-order valence-electron chi connectivity index (χ3n) is 5.91. The first-order valence-corrected chi connectivity index (χ1v) is 10.8. The van der Waals surface area contributed by atoms with E-state index in [1.54, 1.807) is 36.7 Å². The van der Waals surface area contributed by atoms with E-state index in [0.29, 0.717) is 43.7 Å². The lowest BCUT2D eigenvalue weighted by Gasteiger charge is -2.39. The second-order valence-electron chi connectivity index (χ2n) is 8.29. The number of ether oxygens (including phenoxy) is 1. The van der Waals surface area contributed by atoms with Crippen LogP contribution in [-0.4, -0.2) is 59.2 Å². The van der Waals surface area contributed by atoms with E-state index in [9.17, 15) is 18.4 Å². The number of anilines is 2. The van der Waals surface area contributed by atoms with Crippen molar-refractivity contribution >= 4 is 23.2 Å². The quantitative estimate of drug-likeness (QED) is 0.603. The Morgan fingerprint density at radius 1 is 0.971 bits per heavy atom. The molecule has 3 heterocycles. The van der Waals surface area contributed by atoms with E-state index >= 15 is 0 Å². The van der Waals surface area contributed by atoms with Crippen LogP contribution < -0.4 is 15.0 Å². The molecule has 1 aromatic heterocycles. The van der Waals surface area contributed by atoms with Crippen LogP contribution in [0.3, 0.4) is 0 Å². The maximum absolute atomic E-state index is 13.8. The topological polar surface area (TPSA) is 87.7 Å². The molecule has 2 amide bonds. The maximum atomic E-state index is 13.8. The minimum Gasteiger partial charge on any atom is -0.487 e. The van der Waals surface area contributed by atoms with Crippen molar-refractivity contribution < 1.29 is 23.1 Å². The molecular weight excluding hydrogens is 444 g/mol. The zero-order chi connectivity index (χ0) is 23.7. The monoisotopic (exact) mass is 465 g/mol. The Morgan fingerprint density at radius 2 is 1.74 bits per heavy atom. The molecule has 0 unspecified atom stereocenters. The lowest BCUT2D eigenvalue weighted by Crippen LogP contribution is -2.56. The third-order valence-corrected chi connectivity index (χ3v) is 5.91. The van der Waals surface area contributed by atoms with Crippen molar-refractivity contribution in [2.24, 2.45) is 5.92 Å². The molecule has 5 rings (SSSR count). The number of amides is 2. The van der Waals surface area contributed by atoms with Crippen LogP contribution in [0.1, 0.15) is 10.4 Å². The van der Waals surface area contributed by atoms with Crippen molar-refractivity contribution in [3.05, 3.63) is 78.1 Å². The summed E-state index contributed by atoms with van der Waals surface area (Å²) >= 11 is 0. The molecule has 2 aromatic carbocycles. The molecule has 2 aliphatic heterocycles. The maximum Gasteiger partial charge on any atom is 0.257 e. The van der Waals surface area contributed by atoms with Gasteiger partial charge in [0.25, 0.3) is 5.91 Å². The zero-order valence-corrected chi connectivity index (χ0v) is 18.0. The highest BCUT2D eigenvalue weighted by atomic mass is 19.1. The molecule has 1 N–H and O–H groups in total. The van der Waals surface area contributed by atoms with Crippen LogP contribution in [0.25, 0.3) is 0 Å². The highest BCUT2D eigenvalue weighted by molar-refractivity contribution is 5.95. The molecule has 8 nitrogen and oxygen atoms in total. The van der Waals surface area contributed by atoms with Crippen LogP contribution in [-0.2, 0) is 4.79 Å². The fourth-order valence-electron chi connectivity index (χ4n) is 3.89. The van der Waals surface area contributed by atoms with E-state index in [-0.39, 0.29) is 23.5 Å². The Morgan fingerprint density at radius 3 is 2.41 bits per heavy atom. The summed E-state index contributed by atoms with van der Waals surface area (Å²) in [6.07, 6.45) is 3.07. The molecule has 174 valence electrons. The molecule has 0 bridgehead atoms. The Hall–Kier alpha value is -4.08. The lowest BCUT2D eigenvalue weighted by atomic mass is 9.98. The van der Waals surface area contributed by atoms with Gasteiger partial charge in [0.1, 0.15) is 23.5 Å². The standard InChI is InChI=1S/C24H21F2N5O3/c25-16-1-6-21(22(26)9-16)24(33)31-13-20(14-31)34-19-4-2-17(3-5-19)29-23(32)15-11-30(12-15)18-7-8-27-28-10-18/h1-10,15,20H,11-14H2,(H,29,32). The van der Waals surface area contributed by atoms with Gasteiger partial charge in [-0.15, -0.1) is 0 Å². The molecule has 2 saturated heterocycles. The largest absolute Gasteiger partial charge is 0.487 e. The number of rotatable bonds is 6. The summed E-state index contributed by atoms with van der Waals surface area (Å²) in [4.78, 5) is 28.3. The van der Waals surface area contributed by atoms with Crippen molar-refractivity contribution in [1.29, 1.82) is 0 Å².